The molecule has 1 aromatic heterocycles. The zero-order valence-corrected chi connectivity index (χ0v) is 11.1. The second kappa shape index (κ2) is 6.00. The van der Waals surface area contributed by atoms with Crippen LogP contribution >= 0.6 is 0 Å². The number of anilines is 2. The van der Waals surface area contributed by atoms with Gasteiger partial charge < -0.3 is 15.7 Å². The van der Waals surface area contributed by atoms with Gasteiger partial charge in [0.2, 0.25) is 0 Å². The fraction of sp³-hybridized carbons (Fsp3) is 0.692. The molecule has 0 spiro atoms. The van der Waals surface area contributed by atoms with Crippen molar-refractivity contribution in [2.24, 2.45) is 0 Å². The number of aliphatic hydroxyl groups is 1. The average Bonchev–Trinajstić information content (AvgIpc) is 2.41. The van der Waals surface area contributed by atoms with Crippen molar-refractivity contribution >= 4 is 11.6 Å². The maximum absolute atomic E-state index is 9.96. The van der Waals surface area contributed by atoms with E-state index in [-0.39, 0.29) is 12.1 Å². The smallest absolute Gasteiger partial charge is 0.132 e. The van der Waals surface area contributed by atoms with Crippen LogP contribution in [0.4, 0.5) is 11.6 Å². The van der Waals surface area contributed by atoms with E-state index in [0.717, 1.165) is 43.1 Å². The molecule has 1 aliphatic rings. The summed E-state index contributed by atoms with van der Waals surface area (Å²) in [7, 11) is 1.85. The van der Waals surface area contributed by atoms with Crippen molar-refractivity contribution in [2.75, 3.05) is 17.7 Å². The molecule has 1 aromatic rings. The van der Waals surface area contributed by atoms with Crippen LogP contribution in [0, 0.1) is 0 Å². The first kappa shape index (κ1) is 13.1. The summed E-state index contributed by atoms with van der Waals surface area (Å²) >= 11 is 0. The SMILES string of the molecule is CCc1nc(NC)cc(NC2CCCCC2O)n1. The number of hydrogen-bond donors (Lipinski definition) is 3. The van der Waals surface area contributed by atoms with Crippen LogP contribution in [-0.4, -0.2) is 34.3 Å². The second-order valence-electron chi connectivity index (χ2n) is 4.76. The van der Waals surface area contributed by atoms with E-state index in [2.05, 4.69) is 20.6 Å². The van der Waals surface area contributed by atoms with Gasteiger partial charge in [0.15, 0.2) is 0 Å². The van der Waals surface area contributed by atoms with Crippen molar-refractivity contribution in [2.45, 2.75) is 51.2 Å². The molecule has 2 atom stereocenters. The molecular weight excluding hydrogens is 228 g/mol. The zero-order valence-electron chi connectivity index (χ0n) is 11.1. The Kier molecular flexibility index (Phi) is 4.36. The molecule has 1 saturated carbocycles. The van der Waals surface area contributed by atoms with Gasteiger partial charge in [-0.2, -0.15) is 0 Å². The largest absolute Gasteiger partial charge is 0.391 e. The summed E-state index contributed by atoms with van der Waals surface area (Å²) in [4.78, 5) is 8.81. The van der Waals surface area contributed by atoms with Crippen molar-refractivity contribution in [3.8, 4) is 0 Å². The monoisotopic (exact) mass is 250 g/mol. The highest BCUT2D eigenvalue weighted by Gasteiger charge is 2.23. The average molecular weight is 250 g/mol. The molecule has 100 valence electrons. The third-order valence-electron chi connectivity index (χ3n) is 3.41. The van der Waals surface area contributed by atoms with Gasteiger partial charge in [-0.3, -0.25) is 0 Å². The summed E-state index contributed by atoms with van der Waals surface area (Å²) in [5.74, 6) is 2.43. The molecule has 0 saturated heterocycles. The van der Waals surface area contributed by atoms with Crippen LogP contribution in [0.1, 0.15) is 38.4 Å². The fourth-order valence-electron chi connectivity index (χ4n) is 2.33. The number of rotatable bonds is 4. The van der Waals surface area contributed by atoms with Crippen molar-refractivity contribution < 1.29 is 5.11 Å². The van der Waals surface area contributed by atoms with Gasteiger partial charge in [-0.1, -0.05) is 19.8 Å². The third kappa shape index (κ3) is 3.10. The Balaban J connectivity index is 2.12. The van der Waals surface area contributed by atoms with E-state index in [0.29, 0.717) is 0 Å². The van der Waals surface area contributed by atoms with Crippen molar-refractivity contribution in [1.82, 2.24) is 9.97 Å². The van der Waals surface area contributed by atoms with E-state index in [4.69, 9.17) is 0 Å². The molecule has 1 aliphatic carbocycles. The first-order valence-corrected chi connectivity index (χ1v) is 6.73. The summed E-state index contributed by atoms with van der Waals surface area (Å²) in [6.07, 6.45) is 4.70. The molecular formula is C13H22N4O. The van der Waals surface area contributed by atoms with Crippen molar-refractivity contribution in [3.63, 3.8) is 0 Å². The normalized spacial score (nSPS) is 23.7. The molecule has 3 N–H and O–H groups in total. The highest BCUT2D eigenvalue weighted by atomic mass is 16.3. The maximum atomic E-state index is 9.96. The molecule has 0 amide bonds. The lowest BCUT2D eigenvalue weighted by Gasteiger charge is -2.28. The first-order chi connectivity index (χ1) is 8.72. The first-order valence-electron chi connectivity index (χ1n) is 6.73. The summed E-state index contributed by atoms with van der Waals surface area (Å²) in [5.41, 5.74) is 0. The molecule has 18 heavy (non-hydrogen) atoms. The van der Waals surface area contributed by atoms with Crippen LogP contribution in [0.2, 0.25) is 0 Å². The summed E-state index contributed by atoms with van der Waals surface area (Å²) in [6, 6.07) is 2.00. The fourth-order valence-corrected chi connectivity index (χ4v) is 2.33. The third-order valence-corrected chi connectivity index (χ3v) is 3.41. The topological polar surface area (TPSA) is 70.1 Å². The molecule has 2 rings (SSSR count). The molecule has 5 heteroatoms. The van der Waals surface area contributed by atoms with Crippen LogP contribution < -0.4 is 10.6 Å². The Hall–Kier alpha value is -1.36. The van der Waals surface area contributed by atoms with Gasteiger partial charge in [0, 0.05) is 19.5 Å². The van der Waals surface area contributed by atoms with Crippen LogP contribution in [0.3, 0.4) is 0 Å². The van der Waals surface area contributed by atoms with Crippen LogP contribution in [0.5, 0.6) is 0 Å². The molecule has 0 radical (unpaired) electrons. The Bertz CT molecular complexity index is 374. The quantitative estimate of drug-likeness (QED) is 0.760. The maximum Gasteiger partial charge on any atom is 0.132 e. The van der Waals surface area contributed by atoms with Crippen molar-refractivity contribution in [3.05, 3.63) is 11.9 Å². The summed E-state index contributed by atoms with van der Waals surface area (Å²) in [5, 5.41) is 16.3. The van der Waals surface area contributed by atoms with Gasteiger partial charge in [0.05, 0.1) is 12.1 Å². The zero-order chi connectivity index (χ0) is 13.0. The predicted molar refractivity (Wildman–Crippen MR) is 72.8 cm³/mol. The summed E-state index contributed by atoms with van der Waals surface area (Å²) < 4.78 is 0. The van der Waals surface area contributed by atoms with E-state index in [1.165, 1.54) is 6.42 Å². The number of aliphatic hydroxyl groups excluding tert-OH is 1. The van der Waals surface area contributed by atoms with E-state index < -0.39 is 0 Å². The lowest BCUT2D eigenvalue weighted by Crippen LogP contribution is -2.36. The number of nitrogens with zero attached hydrogens (tertiary/aromatic N) is 2. The van der Waals surface area contributed by atoms with Gasteiger partial charge in [0.25, 0.3) is 0 Å². The predicted octanol–water partition coefficient (Wildman–Crippen LogP) is 1.80. The van der Waals surface area contributed by atoms with E-state index >= 15 is 0 Å². The Labute approximate surface area is 108 Å². The number of aromatic nitrogens is 2. The van der Waals surface area contributed by atoms with Gasteiger partial charge in [-0.25, -0.2) is 9.97 Å². The van der Waals surface area contributed by atoms with Crippen LogP contribution in [0.25, 0.3) is 0 Å². The van der Waals surface area contributed by atoms with Gasteiger partial charge in [0.1, 0.15) is 17.5 Å². The van der Waals surface area contributed by atoms with E-state index in [9.17, 15) is 5.11 Å². The molecule has 0 aromatic carbocycles. The minimum absolute atomic E-state index is 0.114. The Morgan fingerprint density at radius 2 is 2.00 bits per heavy atom. The van der Waals surface area contributed by atoms with Gasteiger partial charge in [-0.15, -0.1) is 0 Å². The van der Waals surface area contributed by atoms with Gasteiger partial charge in [-0.05, 0) is 12.8 Å². The highest BCUT2D eigenvalue weighted by molar-refractivity contribution is 5.48. The standard InChI is InChI=1S/C13H22N4O/c1-3-11-16-12(14-2)8-13(17-11)15-9-6-4-5-7-10(9)18/h8-10,18H,3-7H2,1-2H3,(H2,14,15,16,17). The lowest BCUT2D eigenvalue weighted by atomic mass is 9.92. The molecule has 0 aliphatic heterocycles. The Morgan fingerprint density at radius 3 is 2.67 bits per heavy atom. The minimum atomic E-state index is -0.267. The molecule has 2 unspecified atom stereocenters. The van der Waals surface area contributed by atoms with E-state index in [1.54, 1.807) is 0 Å². The van der Waals surface area contributed by atoms with Gasteiger partial charge >= 0.3 is 0 Å². The van der Waals surface area contributed by atoms with Crippen molar-refractivity contribution in [1.29, 1.82) is 0 Å². The number of hydrogen-bond acceptors (Lipinski definition) is 5. The summed E-state index contributed by atoms with van der Waals surface area (Å²) in [6.45, 7) is 2.04. The number of nitrogens with one attached hydrogen (secondary N) is 2. The lowest BCUT2D eigenvalue weighted by molar-refractivity contribution is 0.116. The second-order valence-corrected chi connectivity index (χ2v) is 4.76. The highest BCUT2D eigenvalue weighted by Crippen LogP contribution is 2.22. The molecule has 0 bridgehead atoms. The minimum Gasteiger partial charge on any atom is -0.391 e. The van der Waals surface area contributed by atoms with Crippen LogP contribution in [-0.2, 0) is 6.42 Å². The van der Waals surface area contributed by atoms with E-state index in [1.807, 2.05) is 20.0 Å². The van der Waals surface area contributed by atoms with Crippen LogP contribution in [0.15, 0.2) is 6.07 Å². The Morgan fingerprint density at radius 1 is 1.28 bits per heavy atom. The number of aryl methyl sites for hydroxylation is 1. The molecule has 1 heterocycles. The molecule has 5 nitrogen and oxygen atoms in total. The molecule has 1 fully saturated rings.